The van der Waals surface area contributed by atoms with Crippen LogP contribution in [0.3, 0.4) is 0 Å². The molecule has 5 heteroatoms. The number of hydrogen-bond acceptors (Lipinski definition) is 4. The van der Waals surface area contributed by atoms with Crippen molar-refractivity contribution >= 4 is 0 Å². The van der Waals surface area contributed by atoms with Crippen LogP contribution in [0.2, 0.25) is 0 Å². The van der Waals surface area contributed by atoms with Crippen LogP contribution < -0.4 is 9.47 Å². The molecule has 162 valence electrons. The Morgan fingerprint density at radius 1 is 0.839 bits per heavy atom. The number of hydrogen-bond donors (Lipinski definition) is 1. The van der Waals surface area contributed by atoms with Gasteiger partial charge < -0.3 is 14.6 Å². The fourth-order valence-corrected chi connectivity index (χ4v) is 3.85. The molecule has 1 heterocycles. The Morgan fingerprint density at radius 2 is 1.42 bits per heavy atom. The normalized spacial score (nSPS) is 16.4. The minimum atomic E-state index is -0.252. The molecule has 0 amide bonds. The third-order valence-corrected chi connectivity index (χ3v) is 5.65. The fourth-order valence-electron chi connectivity index (χ4n) is 3.85. The van der Waals surface area contributed by atoms with Crippen molar-refractivity contribution in [2.24, 2.45) is 0 Å². The summed E-state index contributed by atoms with van der Waals surface area (Å²) in [4.78, 5) is 2.35. The van der Waals surface area contributed by atoms with Crippen molar-refractivity contribution in [3.8, 4) is 11.5 Å². The molecule has 0 aliphatic carbocycles. The molecule has 1 saturated heterocycles. The topological polar surface area (TPSA) is 41.9 Å². The van der Waals surface area contributed by atoms with Crippen LogP contribution in [-0.4, -0.2) is 29.2 Å². The highest BCUT2D eigenvalue weighted by atomic mass is 19.1. The quantitative estimate of drug-likeness (QED) is 0.531. The van der Waals surface area contributed by atoms with E-state index in [1.807, 2.05) is 24.3 Å². The van der Waals surface area contributed by atoms with E-state index in [1.54, 1.807) is 12.1 Å². The van der Waals surface area contributed by atoms with Crippen molar-refractivity contribution in [1.29, 1.82) is 0 Å². The summed E-state index contributed by atoms with van der Waals surface area (Å²) in [6.07, 6.45) is 2.24. The lowest BCUT2D eigenvalue weighted by Crippen LogP contribution is -2.31. The Balaban J connectivity index is 1.28. The number of likely N-dealkylation sites (tertiary alicyclic amines) is 1. The maximum Gasteiger partial charge on any atom is 0.123 e. The zero-order valence-electron chi connectivity index (χ0n) is 17.5. The zero-order chi connectivity index (χ0) is 21.5. The first-order valence-corrected chi connectivity index (χ1v) is 10.7. The lowest BCUT2D eigenvalue weighted by atomic mass is 10.1. The number of nitrogens with zero attached hydrogens (tertiary/aromatic N) is 1. The first-order valence-electron chi connectivity index (χ1n) is 10.7. The van der Waals surface area contributed by atoms with Gasteiger partial charge in [-0.2, -0.15) is 0 Å². The van der Waals surface area contributed by atoms with Crippen LogP contribution in [0.25, 0.3) is 0 Å². The molecule has 0 bridgehead atoms. The summed E-state index contributed by atoms with van der Waals surface area (Å²) in [5.41, 5.74) is 3.26. The molecule has 0 saturated carbocycles. The molecule has 1 aliphatic heterocycles. The lowest BCUT2D eigenvalue weighted by Gasteiger charge is -2.22. The van der Waals surface area contributed by atoms with Crippen LogP contribution in [0, 0.1) is 5.82 Å². The summed E-state index contributed by atoms with van der Waals surface area (Å²) in [5.74, 6) is 1.20. The van der Waals surface area contributed by atoms with E-state index in [-0.39, 0.29) is 12.4 Å². The van der Waals surface area contributed by atoms with E-state index in [4.69, 9.17) is 9.47 Å². The van der Waals surface area contributed by atoms with E-state index < -0.39 is 0 Å². The number of halogens is 1. The van der Waals surface area contributed by atoms with E-state index in [9.17, 15) is 9.50 Å². The van der Waals surface area contributed by atoms with Gasteiger partial charge in [0.15, 0.2) is 0 Å². The standard InChI is InChI=1S/C26H28FNO3/c27-23-12-10-22(11-13-23)19-31-26-5-1-4-25(15-26)30-18-21-8-6-20(7-9-21)16-28-14-2-3-24(28)17-29/h1,4-13,15,24,29H,2-3,14,16-19H2/t24-/m1/s1. The summed E-state index contributed by atoms with van der Waals surface area (Å²) in [6, 6.07) is 22.6. The molecule has 4 rings (SSSR count). The van der Waals surface area contributed by atoms with Crippen LogP contribution >= 0.6 is 0 Å². The second-order valence-electron chi connectivity index (χ2n) is 7.94. The predicted octanol–water partition coefficient (Wildman–Crippen LogP) is 4.94. The van der Waals surface area contributed by atoms with E-state index in [2.05, 4.69) is 29.2 Å². The SMILES string of the molecule is OC[C@H]1CCCN1Cc1ccc(COc2cccc(OCc3ccc(F)cc3)c2)cc1. The van der Waals surface area contributed by atoms with Crippen LogP contribution in [0.1, 0.15) is 29.5 Å². The minimum absolute atomic E-state index is 0.235. The van der Waals surface area contributed by atoms with Crippen molar-refractivity contribution in [3.63, 3.8) is 0 Å². The van der Waals surface area contributed by atoms with E-state index in [0.29, 0.717) is 25.0 Å². The van der Waals surface area contributed by atoms with Gasteiger partial charge in [0.05, 0.1) is 6.61 Å². The van der Waals surface area contributed by atoms with Crippen molar-refractivity contribution in [1.82, 2.24) is 4.90 Å². The Kier molecular flexibility index (Phi) is 7.18. The van der Waals surface area contributed by atoms with Gasteiger partial charge in [0.25, 0.3) is 0 Å². The smallest absolute Gasteiger partial charge is 0.123 e. The van der Waals surface area contributed by atoms with Gasteiger partial charge in [-0.25, -0.2) is 4.39 Å². The van der Waals surface area contributed by atoms with Crippen molar-refractivity contribution in [3.05, 3.63) is 95.3 Å². The number of benzene rings is 3. The second-order valence-corrected chi connectivity index (χ2v) is 7.94. The highest BCUT2D eigenvalue weighted by Crippen LogP contribution is 2.23. The molecular formula is C26H28FNO3. The lowest BCUT2D eigenvalue weighted by molar-refractivity contribution is 0.153. The summed E-state index contributed by atoms with van der Waals surface area (Å²) >= 11 is 0. The van der Waals surface area contributed by atoms with Crippen molar-refractivity contribution in [2.45, 2.75) is 38.6 Å². The minimum Gasteiger partial charge on any atom is -0.489 e. The number of aliphatic hydroxyl groups excluding tert-OH is 1. The Hall–Kier alpha value is -2.89. The Labute approximate surface area is 182 Å². The molecule has 1 atom stereocenters. The van der Waals surface area contributed by atoms with E-state index in [1.165, 1.54) is 17.7 Å². The molecule has 0 unspecified atom stereocenters. The summed E-state index contributed by atoms with van der Waals surface area (Å²) in [7, 11) is 0. The molecule has 4 nitrogen and oxygen atoms in total. The van der Waals surface area contributed by atoms with E-state index in [0.717, 1.165) is 42.8 Å². The largest absolute Gasteiger partial charge is 0.489 e. The average molecular weight is 422 g/mol. The Morgan fingerprint density at radius 3 is 2.03 bits per heavy atom. The molecule has 31 heavy (non-hydrogen) atoms. The number of rotatable bonds is 9. The highest BCUT2D eigenvalue weighted by molar-refractivity contribution is 5.33. The van der Waals surface area contributed by atoms with Gasteiger partial charge in [-0.1, -0.05) is 42.5 Å². The highest BCUT2D eigenvalue weighted by Gasteiger charge is 2.23. The van der Waals surface area contributed by atoms with Crippen LogP contribution in [0.4, 0.5) is 4.39 Å². The van der Waals surface area contributed by atoms with Gasteiger partial charge in [-0.3, -0.25) is 4.90 Å². The van der Waals surface area contributed by atoms with Gasteiger partial charge in [0, 0.05) is 18.7 Å². The molecule has 0 spiro atoms. The van der Waals surface area contributed by atoms with Gasteiger partial charge in [-0.05, 0) is 60.3 Å². The van der Waals surface area contributed by atoms with E-state index >= 15 is 0 Å². The first-order chi connectivity index (χ1) is 15.2. The van der Waals surface area contributed by atoms with Crippen molar-refractivity contribution in [2.75, 3.05) is 13.2 Å². The molecule has 1 aliphatic rings. The Bertz CT molecular complexity index is 959. The number of aliphatic hydroxyl groups is 1. The molecule has 1 fully saturated rings. The first kappa shape index (κ1) is 21.3. The third-order valence-electron chi connectivity index (χ3n) is 5.65. The van der Waals surface area contributed by atoms with Crippen LogP contribution in [0.15, 0.2) is 72.8 Å². The van der Waals surface area contributed by atoms with Gasteiger partial charge in [-0.15, -0.1) is 0 Å². The second kappa shape index (κ2) is 10.4. The molecule has 0 aromatic heterocycles. The summed E-state index contributed by atoms with van der Waals surface area (Å²) in [6.45, 7) is 3.01. The summed E-state index contributed by atoms with van der Waals surface area (Å²) in [5, 5.41) is 9.48. The zero-order valence-corrected chi connectivity index (χ0v) is 17.5. The van der Waals surface area contributed by atoms with Crippen molar-refractivity contribution < 1.29 is 19.0 Å². The van der Waals surface area contributed by atoms with Gasteiger partial charge in [0.2, 0.25) is 0 Å². The summed E-state index contributed by atoms with van der Waals surface area (Å²) < 4.78 is 24.7. The molecular weight excluding hydrogens is 393 g/mol. The molecule has 1 N–H and O–H groups in total. The molecule has 3 aromatic rings. The van der Waals surface area contributed by atoms with Crippen LogP contribution in [-0.2, 0) is 19.8 Å². The number of ether oxygens (including phenoxy) is 2. The maximum atomic E-state index is 13.0. The predicted molar refractivity (Wildman–Crippen MR) is 118 cm³/mol. The third kappa shape index (κ3) is 6.06. The average Bonchev–Trinajstić information content (AvgIpc) is 3.26. The molecule has 0 radical (unpaired) electrons. The van der Waals surface area contributed by atoms with Gasteiger partial charge in [0.1, 0.15) is 30.5 Å². The van der Waals surface area contributed by atoms with Gasteiger partial charge >= 0.3 is 0 Å². The molecule has 3 aromatic carbocycles. The van der Waals surface area contributed by atoms with Crippen LogP contribution in [0.5, 0.6) is 11.5 Å². The monoisotopic (exact) mass is 421 g/mol. The maximum absolute atomic E-state index is 13.0. The fraction of sp³-hybridized carbons (Fsp3) is 0.308.